The Labute approximate surface area is 96.1 Å². The van der Waals surface area contributed by atoms with E-state index < -0.39 is 6.10 Å². The van der Waals surface area contributed by atoms with E-state index in [1.165, 1.54) is 19.2 Å². The highest BCUT2D eigenvalue weighted by Gasteiger charge is 2.19. The maximum Gasteiger partial charge on any atom is 0.124 e. The van der Waals surface area contributed by atoms with Crippen LogP contribution in [0.3, 0.4) is 0 Å². The Morgan fingerprint density at radius 1 is 1.44 bits per heavy atom. The van der Waals surface area contributed by atoms with Crippen molar-refractivity contribution in [1.29, 1.82) is 0 Å². The standard InChI is InChI=1S/C13H19FO2/c1-4-5-9(2)13(15)11-8-10(14)6-7-12(11)16-3/h6-9,13,15H,4-5H2,1-3H3. The highest BCUT2D eigenvalue weighted by Crippen LogP contribution is 2.32. The Hall–Kier alpha value is -1.09. The minimum absolute atomic E-state index is 0.0979. The van der Waals surface area contributed by atoms with Crippen molar-refractivity contribution in [1.82, 2.24) is 0 Å². The molecule has 0 bridgehead atoms. The van der Waals surface area contributed by atoms with Gasteiger partial charge in [0.15, 0.2) is 0 Å². The quantitative estimate of drug-likeness (QED) is 0.834. The molecule has 0 saturated heterocycles. The average molecular weight is 226 g/mol. The molecule has 2 unspecified atom stereocenters. The van der Waals surface area contributed by atoms with Gasteiger partial charge in [0.05, 0.1) is 13.2 Å². The molecule has 0 aliphatic rings. The van der Waals surface area contributed by atoms with Crippen LogP contribution in [0.5, 0.6) is 5.75 Å². The van der Waals surface area contributed by atoms with E-state index >= 15 is 0 Å². The first-order valence-corrected chi connectivity index (χ1v) is 5.61. The van der Waals surface area contributed by atoms with Gasteiger partial charge in [-0.05, 0) is 30.5 Å². The van der Waals surface area contributed by atoms with Gasteiger partial charge in [0, 0.05) is 5.56 Å². The molecule has 16 heavy (non-hydrogen) atoms. The van der Waals surface area contributed by atoms with E-state index in [1.54, 1.807) is 6.07 Å². The maximum absolute atomic E-state index is 13.1. The molecule has 2 nitrogen and oxygen atoms in total. The van der Waals surface area contributed by atoms with Crippen LogP contribution in [0.2, 0.25) is 0 Å². The third-order valence-electron chi connectivity index (χ3n) is 2.79. The predicted octanol–water partition coefficient (Wildman–Crippen LogP) is 3.30. The van der Waals surface area contributed by atoms with Crippen molar-refractivity contribution in [2.75, 3.05) is 7.11 Å². The van der Waals surface area contributed by atoms with Gasteiger partial charge in [0.1, 0.15) is 11.6 Å². The second-order valence-electron chi connectivity index (χ2n) is 4.10. The van der Waals surface area contributed by atoms with E-state index in [0.717, 1.165) is 12.8 Å². The Balaban J connectivity index is 2.96. The fourth-order valence-electron chi connectivity index (χ4n) is 1.86. The molecule has 0 fully saturated rings. The minimum Gasteiger partial charge on any atom is -0.496 e. The Morgan fingerprint density at radius 3 is 2.69 bits per heavy atom. The molecule has 1 N–H and O–H groups in total. The smallest absolute Gasteiger partial charge is 0.124 e. The van der Waals surface area contributed by atoms with Crippen LogP contribution in [0, 0.1) is 11.7 Å². The summed E-state index contributed by atoms with van der Waals surface area (Å²) in [5.74, 6) is 0.288. The van der Waals surface area contributed by atoms with Gasteiger partial charge < -0.3 is 9.84 Å². The summed E-state index contributed by atoms with van der Waals surface area (Å²) in [6, 6.07) is 4.22. The summed E-state index contributed by atoms with van der Waals surface area (Å²) in [6.07, 6.45) is 1.22. The first-order chi connectivity index (χ1) is 7.60. The molecule has 0 saturated carbocycles. The summed E-state index contributed by atoms with van der Waals surface area (Å²) in [5.41, 5.74) is 0.531. The number of aliphatic hydroxyl groups excluding tert-OH is 1. The Bertz CT molecular complexity index is 339. The van der Waals surface area contributed by atoms with Crippen LogP contribution in [-0.4, -0.2) is 12.2 Å². The molecule has 1 aromatic rings. The second-order valence-corrected chi connectivity index (χ2v) is 4.10. The van der Waals surface area contributed by atoms with Crippen LogP contribution >= 0.6 is 0 Å². The highest BCUT2D eigenvalue weighted by atomic mass is 19.1. The summed E-state index contributed by atoms with van der Waals surface area (Å²) < 4.78 is 18.2. The number of benzene rings is 1. The van der Waals surface area contributed by atoms with Crippen molar-refractivity contribution in [3.8, 4) is 5.75 Å². The SMILES string of the molecule is CCCC(C)C(O)c1cc(F)ccc1OC. The van der Waals surface area contributed by atoms with Gasteiger partial charge in [-0.2, -0.15) is 0 Å². The lowest BCUT2D eigenvalue weighted by Crippen LogP contribution is -2.10. The number of hydrogen-bond donors (Lipinski definition) is 1. The third kappa shape index (κ3) is 2.95. The fourth-order valence-corrected chi connectivity index (χ4v) is 1.86. The molecule has 0 aliphatic heterocycles. The lowest BCUT2D eigenvalue weighted by molar-refractivity contribution is 0.109. The first kappa shape index (κ1) is 13.0. The van der Waals surface area contributed by atoms with Crippen molar-refractivity contribution in [2.45, 2.75) is 32.8 Å². The molecule has 0 amide bonds. The summed E-state index contributed by atoms with van der Waals surface area (Å²) in [7, 11) is 1.52. The van der Waals surface area contributed by atoms with Crippen LogP contribution < -0.4 is 4.74 Å². The van der Waals surface area contributed by atoms with E-state index in [1.807, 2.05) is 6.92 Å². The van der Waals surface area contributed by atoms with Gasteiger partial charge >= 0.3 is 0 Å². The maximum atomic E-state index is 13.1. The molecule has 3 heteroatoms. The molecule has 0 aliphatic carbocycles. The molecule has 0 heterocycles. The zero-order valence-electron chi connectivity index (χ0n) is 10.0. The number of hydrogen-bond acceptors (Lipinski definition) is 2. The van der Waals surface area contributed by atoms with Gasteiger partial charge in [-0.3, -0.25) is 0 Å². The highest BCUT2D eigenvalue weighted by molar-refractivity contribution is 5.35. The summed E-state index contributed by atoms with van der Waals surface area (Å²) >= 11 is 0. The van der Waals surface area contributed by atoms with Crippen molar-refractivity contribution >= 4 is 0 Å². The molecule has 1 rings (SSSR count). The summed E-state index contributed by atoms with van der Waals surface area (Å²) in [5, 5.41) is 10.1. The molecular weight excluding hydrogens is 207 g/mol. The summed E-state index contributed by atoms with van der Waals surface area (Å²) in [4.78, 5) is 0. The number of methoxy groups -OCH3 is 1. The zero-order valence-corrected chi connectivity index (χ0v) is 10.0. The van der Waals surface area contributed by atoms with Gasteiger partial charge in [-0.25, -0.2) is 4.39 Å². The van der Waals surface area contributed by atoms with E-state index in [2.05, 4.69) is 6.92 Å². The summed E-state index contributed by atoms with van der Waals surface area (Å²) in [6.45, 7) is 4.02. The van der Waals surface area contributed by atoms with E-state index in [4.69, 9.17) is 4.74 Å². The third-order valence-corrected chi connectivity index (χ3v) is 2.79. The Kier molecular flexibility index (Phi) is 4.74. The van der Waals surface area contributed by atoms with Crippen molar-refractivity contribution in [3.05, 3.63) is 29.6 Å². The van der Waals surface area contributed by atoms with Crippen molar-refractivity contribution in [3.63, 3.8) is 0 Å². The van der Waals surface area contributed by atoms with Crippen LogP contribution in [0.4, 0.5) is 4.39 Å². The molecule has 0 spiro atoms. The molecule has 1 aromatic carbocycles. The van der Waals surface area contributed by atoms with Crippen LogP contribution in [0.15, 0.2) is 18.2 Å². The first-order valence-electron chi connectivity index (χ1n) is 5.61. The van der Waals surface area contributed by atoms with Crippen LogP contribution in [-0.2, 0) is 0 Å². The lowest BCUT2D eigenvalue weighted by atomic mass is 9.93. The molecule has 0 aromatic heterocycles. The zero-order chi connectivity index (χ0) is 12.1. The van der Waals surface area contributed by atoms with E-state index in [0.29, 0.717) is 11.3 Å². The molecular formula is C13H19FO2. The molecule has 0 radical (unpaired) electrons. The van der Waals surface area contributed by atoms with Gasteiger partial charge in [-0.15, -0.1) is 0 Å². The van der Waals surface area contributed by atoms with Gasteiger partial charge in [0.2, 0.25) is 0 Å². The van der Waals surface area contributed by atoms with Crippen LogP contribution in [0.1, 0.15) is 38.4 Å². The monoisotopic (exact) mass is 226 g/mol. The number of ether oxygens (including phenoxy) is 1. The number of aliphatic hydroxyl groups is 1. The van der Waals surface area contributed by atoms with Crippen LogP contribution in [0.25, 0.3) is 0 Å². The molecule has 90 valence electrons. The van der Waals surface area contributed by atoms with Gasteiger partial charge in [0.25, 0.3) is 0 Å². The largest absolute Gasteiger partial charge is 0.496 e. The number of halogens is 1. The predicted molar refractivity (Wildman–Crippen MR) is 62.0 cm³/mol. The molecule has 2 atom stereocenters. The number of rotatable bonds is 5. The minimum atomic E-state index is -0.675. The lowest BCUT2D eigenvalue weighted by Gasteiger charge is -2.20. The average Bonchev–Trinajstić information content (AvgIpc) is 2.28. The fraction of sp³-hybridized carbons (Fsp3) is 0.538. The normalized spacial score (nSPS) is 14.6. The van der Waals surface area contributed by atoms with Gasteiger partial charge in [-0.1, -0.05) is 20.3 Å². The Morgan fingerprint density at radius 2 is 2.12 bits per heavy atom. The van der Waals surface area contributed by atoms with Crippen molar-refractivity contribution < 1.29 is 14.2 Å². The van der Waals surface area contributed by atoms with Crippen molar-refractivity contribution in [2.24, 2.45) is 5.92 Å². The topological polar surface area (TPSA) is 29.5 Å². The van der Waals surface area contributed by atoms with E-state index in [-0.39, 0.29) is 11.7 Å². The second kappa shape index (κ2) is 5.85. The van der Waals surface area contributed by atoms with E-state index in [9.17, 15) is 9.50 Å².